The van der Waals surface area contributed by atoms with Gasteiger partial charge in [-0.3, -0.25) is 0 Å². The molecule has 0 bridgehead atoms. The van der Waals surface area contributed by atoms with E-state index in [1.807, 2.05) is 29.6 Å². The number of hydrogen-bond donors (Lipinski definition) is 0. The summed E-state index contributed by atoms with van der Waals surface area (Å²) >= 11 is 1.68. The molecule has 1 radical (unpaired) electrons. The van der Waals surface area contributed by atoms with Gasteiger partial charge in [-0.25, -0.2) is 4.39 Å². The number of benzene rings is 1. The van der Waals surface area contributed by atoms with Gasteiger partial charge in [-0.15, -0.1) is 11.3 Å². The van der Waals surface area contributed by atoms with E-state index in [2.05, 4.69) is 6.92 Å². The van der Waals surface area contributed by atoms with Crippen molar-refractivity contribution in [3.63, 3.8) is 0 Å². The van der Waals surface area contributed by atoms with Crippen molar-refractivity contribution in [2.24, 2.45) is 0 Å². The molecule has 1 aromatic heterocycles. The minimum Gasteiger partial charge on any atom is -0.207 e. The Morgan fingerprint density at radius 3 is 2.47 bits per heavy atom. The average molecular weight is 217 g/mol. The topological polar surface area (TPSA) is 0 Å². The van der Waals surface area contributed by atoms with Crippen LogP contribution >= 0.6 is 11.3 Å². The molecule has 0 amide bonds. The fourth-order valence-corrected chi connectivity index (χ4v) is 2.09. The lowest BCUT2D eigenvalue weighted by Gasteiger charge is -2.00. The lowest BCUT2D eigenvalue weighted by atomic mass is 10.1. The maximum atomic E-state index is 13.1. The highest BCUT2D eigenvalue weighted by Crippen LogP contribution is 2.26. The summed E-state index contributed by atoms with van der Waals surface area (Å²) in [4.78, 5) is 1.19. The van der Waals surface area contributed by atoms with Crippen molar-refractivity contribution in [2.75, 3.05) is 0 Å². The predicted octanol–water partition coefficient (Wildman–Crippen LogP) is 4.56. The van der Waals surface area contributed by atoms with E-state index in [4.69, 9.17) is 0 Å². The quantitative estimate of drug-likeness (QED) is 0.691. The van der Waals surface area contributed by atoms with Crippen LogP contribution in [0.4, 0.5) is 4.39 Å². The van der Waals surface area contributed by atoms with Gasteiger partial charge < -0.3 is 0 Å². The van der Waals surface area contributed by atoms with Crippen molar-refractivity contribution in [2.45, 2.75) is 0 Å². The number of hydrogen-bond acceptors (Lipinski definition) is 1. The van der Waals surface area contributed by atoms with Gasteiger partial charge in [0.05, 0.1) is 0 Å². The Kier molecular flexibility index (Phi) is 2.97. The molecule has 15 heavy (non-hydrogen) atoms. The van der Waals surface area contributed by atoms with Crippen LogP contribution in [0, 0.1) is 6.92 Å². The summed E-state index contributed by atoms with van der Waals surface area (Å²) in [7, 11) is 0. The minimum absolute atomic E-state index is 0.285. The van der Waals surface area contributed by atoms with E-state index >= 15 is 0 Å². The van der Waals surface area contributed by atoms with Gasteiger partial charge in [-0.05, 0) is 30.0 Å². The van der Waals surface area contributed by atoms with Crippen LogP contribution in [-0.2, 0) is 0 Å². The summed E-state index contributed by atoms with van der Waals surface area (Å²) < 4.78 is 13.1. The molecule has 0 aliphatic carbocycles. The van der Waals surface area contributed by atoms with Crippen LogP contribution in [0.25, 0.3) is 16.3 Å². The second-order valence-electron chi connectivity index (χ2n) is 3.11. The minimum atomic E-state index is -0.285. The summed E-state index contributed by atoms with van der Waals surface area (Å²) in [5.74, 6) is -0.285. The zero-order valence-electron chi connectivity index (χ0n) is 8.11. The molecule has 0 aliphatic rings. The second-order valence-corrected chi connectivity index (χ2v) is 4.05. The predicted molar refractivity (Wildman–Crippen MR) is 64.2 cm³/mol. The highest BCUT2D eigenvalue weighted by molar-refractivity contribution is 7.13. The zero-order chi connectivity index (χ0) is 10.7. The van der Waals surface area contributed by atoms with Crippen LogP contribution in [0.2, 0.25) is 0 Å². The van der Waals surface area contributed by atoms with Crippen molar-refractivity contribution in [1.29, 1.82) is 0 Å². The van der Waals surface area contributed by atoms with Crippen molar-refractivity contribution in [1.82, 2.24) is 0 Å². The molecule has 0 saturated heterocycles. The molecule has 2 rings (SSSR count). The van der Waals surface area contributed by atoms with E-state index in [1.165, 1.54) is 11.0 Å². The standard InChI is InChI=1S/C13H10FS/c1-2-12(14)10-5-7-11(8-6-10)13-4-3-9-15-13/h2-9H,1H2/b12-2-. The van der Waals surface area contributed by atoms with Gasteiger partial charge in [-0.1, -0.05) is 30.3 Å². The largest absolute Gasteiger partial charge is 0.207 e. The third-order valence-corrected chi connectivity index (χ3v) is 3.06. The van der Waals surface area contributed by atoms with Crippen molar-refractivity contribution in [3.8, 4) is 10.4 Å². The van der Waals surface area contributed by atoms with E-state index < -0.39 is 0 Å². The first kappa shape index (κ1) is 10.1. The normalized spacial score (nSPS) is 11.7. The van der Waals surface area contributed by atoms with E-state index in [1.54, 1.807) is 23.5 Å². The number of allylic oxidation sites excluding steroid dienone is 1. The maximum absolute atomic E-state index is 13.1. The van der Waals surface area contributed by atoms with Gasteiger partial charge in [0.2, 0.25) is 0 Å². The summed E-state index contributed by atoms with van der Waals surface area (Å²) in [6, 6.07) is 11.4. The van der Waals surface area contributed by atoms with Crippen LogP contribution in [0.3, 0.4) is 0 Å². The second kappa shape index (κ2) is 4.41. The molecular formula is C13H10FS. The lowest BCUT2D eigenvalue weighted by molar-refractivity contribution is 0.760. The Bertz CT molecular complexity index is 452. The van der Waals surface area contributed by atoms with Crippen LogP contribution in [0.1, 0.15) is 5.56 Å². The van der Waals surface area contributed by atoms with E-state index in [0.29, 0.717) is 5.56 Å². The molecule has 75 valence electrons. The third-order valence-electron chi connectivity index (χ3n) is 2.15. The molecule has 2 aromatic rings. The molecule has 0 aliphatic heterocycles. The van der Waals surface area contributed by atoms with Crippen molar-refractivity contribution >= 4 is 17.2 Å². The van der Waals surface area contributed by atoms with Crippen LogP contribution in [0.15, 0.2) is 47.9 Å². The first-order valence-corrected chi connectivity index (χ1v) is 5.48. The van der Waals surface area contributed by atoms with Gasteiger partial charge in [0.25, 0.3) is 0 Å². The number of rotatable bonds is 2. The molecule has 0 unspecified atom stereocenters. The van der Waals surface area contributed by atoms with E-state index in [9.17, 15) is 4.39 Å². The highest BCUT2D eigenvalue weighted by atomic mass is 32.1. The van der Waals surface area contributed by atoms with E-state index in [-0.39, 0.29) is 5.83 Å². The fraction of sp³-hybridized carbons (Fsp3) is 0. The SMILES string of the molecule is [CH2]/C=C(\F)c1ccc(-c2cccs2)cc1. The first-order chi connectivity index (χ1) is 7.31. The molecule has 0 atom stereocenters. The summed E-state index contributed by atoms with van der Waals surface area (Å²) in [6.45, 7) is 3.40. The third kappa shape index (κ3) is 2.16. The lowest BCUT2D eigenvalue weighted by Crippen LogP contribution is -1.78. The Labute approximate surface area is 92.7 Å². The zero-order valence-corrected chi connectivity index (χ0v) is 8.93. The average Bonchev–Trinajstić information content (AvgIpc) is 2.82. The summed E-state index contributed by atoms with van der Waals surface area (Å²) in [5, 5.41) is 2.03. The molecule has 0 saturated carbocycles. The number of thiophene rings is 1. The van der Waals surface area contributed by atoms with Gasteiger partial charge >= 0.3 is 0 Å². The van der Waals surface area contributed by atoms with Gasteiger partial charge in [0, 0.05) is 10.4 Å². The fourth-order valence-electron chi connectivity index (χ4n) is 1.35. The van der Waals surface area contributed by atoms with Crippen molar-refractivity contribution < 1.29 is 4.39 Å². The molecule has 1 heterocycles. The Hall–Kier alpha value is -1.41. The first-order valence-electron chi connectivity index (χ1n) is 4.60. The van der Waals surface area contributed by atoms with Crippen LogP contribution < -0.4 is 0 Å². The van der Waals surface area contributed by atoms with Crippen molar-refractivity contribution in [3.05, 3.63) is 60.3 Å². The van der Waals surface area contributed by atoms with Gasteiger partial charge in [0.15, 0.2) is 0 Å². The van der Waals surface area contributed by atoms with Gasteiger partial charge in [-0.2, -0.15) is 0 Å². The monoisotopic (exact) mass is 217 g/mol. The summed E-state index contributed by atoms with van der Waals surface area (Å²) in [6.07, 6.45) is 1.22. The Morgan fingerprint density at radius 1 is 1.20 bits per heavy atom. The molecule has 0 spiro atoms. The van der Waals surface area contributed by atoms with Crippen LogP contribution in [0.5, 0.6) is 0 Å². The number of halogens is 1. The molecule has 1 aromatic carbocycles. The van der Waals surface area contributed by atoms with E-state index in [0.717, 1.165) is 5.56 Å². The highest BCUT2D eigenvalue weighted by Gasteiger charge is 2.01. The smallest absolute Gasteiger partial charge is 0.126 e. The molecule has 0 N–H and O–H groups in total. The molecule has 0 fully saturated rings. The van der Waals surface area contributed by atoms with Crippen LogP contribution in [-0.4, -0.2) is 0 Å². The molecule has 2 heteroatoms. The Balaban J connectivity index is 2.33. The molecule has 0 nitrogen and oxygen atoms in total. The summed E-state index contributed by atoms with van der Waals surface area (Å²) in [5.41, 5.74) is 1.69. The maximum Gasteiger partial charge on any atom is 0.126 e. The molecular weight excluding hydrogens is 207 g/mol. The van der Waals surface area contributed by atoms with Gasteiger partial charge in [0.1, 0.15) is 5.83 Å². The Morgan fingerprint density at radius 2 is 1.93 bits per heavy atom.